The molecule has 1 fully saturated rings. The van der Waals surface area contributed by atoms with Gasteiger partial charge in [0, 0.05) is 17.2 Å². The number of hydrogen-bond donors (Lipinski definition) is 1. The van der Waals surface area contributed by atoms with Gasteiger partial charge in [-0.1, -0.05) is 91.0 Å². The van der Waals surface area contributed by atoms with E-state index in [1.807, 2.05) is 97.9 Å². The second-order valence-corrected chi connectivity index (χ2v) is 11.3. The van der Waals surface area contributed by atoms with Crippen molar-refractivity contribution < 1.29 is 19.1 Å². The van der Waals surface area contributed by atoms with Crippen LogP contribution in [0, 0.1) is 0 Å². The Labute approximate surface area is 184 Å². The molecule has 4 rings (SSSR count). The van der Waals surface area contributed by atoms with Gasteiger partial charge in [0.1, 0.15) is 12.7 Å². The molecule has 1 aliphatic heterocycles. The number of benzene rings is 3. The molecule has 162 valence electrons. The van der Waals surface area contributed by atoms with Crippen molar-refractivity contribution in [1.29, 1.82) is 0 Å². The SMILES string of the molecule is C[C@]1([C@H](O)[C@@H](CCOCc2ccccc2)P(=O)(c2ccccc2)c2ccccc2)CO1. The van der Waals surface area contributed by atoms with Gasteiger partial charge in [-0.25, -0.2) is 0 Å². The maximum absolute atomic E-state index is 14.8. The molecule has 0 spiro atoms. The summed E-state index contributed by atoms with van der Waals surface area (Å²) in [6.07, 6.45) is -0.396. The molecule has 3 aromatic carbocycles. The molecule has 0 aromatic heterocycles. The van der Waals surface area contributed by atoms with Gasteiger partial charge in [-0.05, 0) is 18.9 Å². The van der Waals surface area contributed by atoms with Gasteiger partial charge in [0.05, 0.1) is 25.0 Å². The van der Waals surface area contributed by atoms with E-state index in [0.29, 0.717) is 26.2 Å². The van der Waals surface area contributed by atoms with Crippen molar-refractivity contribution in [2.75, 3.05) is 13.2 Å². The fourth-order valence-corrected chi connectivity index (χ4v) is 7.51. The molecule has 1 heterocycles. The highest BCUT2D eigenvalue weighted by Gasteiger charge is 2.54. The minimum absolute atomic E-state index is 0.399. The first-order valence-corrected chi connectivity index (χ1v) is 12.5. The third kappa shape index (κ3) is 4.83. The summed E-state index contributed by atoms with van der Waals surface area (Å²) in [5, 5.41) is 12.8. The summed E-state index contributed by atoms with van der Waals surface area (Å²) in [6, 6.07) is 29.0. The largest absolute Gasteiger partial charge is 0.389 e. The minimum atomic E-state index is -3.17. The molecule has 1 N–H and O–H groups in total. The number of epoxide rings is 1. The molecule has 0 saturated carbocycles. The molecule has 3 aromatic rings. The smallest absolute Gasteiger partial charge is 0.148 e. The molecule has 0 bridgehead atoms. The fourth-order valence-electron chi connectivity index (χ4n) is 4.03. The van der Waals surface area contributed by atoms with Crippen LogP contribution in [0.4, 0.5) is 0 Å². The summed E-state index contributed by atoms with van der Waals surface area (Å²) in [4.78, 5) is 0. The van der Waals surface area contributed by atoms with Crippen LogP contribution < -0.4 is 10.6 Å². The van der Waals surface area contributed by atoms with E-state index < -0.39 is 24.5 Å². The first kappa shape index (κ1) is 22.0. The van der Waals surface area contributed by atoms with Crippen molar-refractivity contribution >= 4 is 17.8 Å². The van der Waals surface area contributed by atoms with E-state index in [1.54, 1.807) is 0 Å². The predicted octanol–water partition coefficient (Wildman–Crippen LogP) is 4.13. The molecular formula is C26H29O4P. The fraction of sp³-hybridized carbons (Fsp3) is 0.308. The van der Waals surface area contributed by atoms with Crippen molar-refractivity contribution in [1.82, 2.24) is 0 Å². The second-order valence-electron chi connectivity index (χ2n) is 8.27. The number of aliphatic hydroxyl groups is 1. The van der Waals surface area contributed by atoms with Crippen LogP contribution in [0.15, 0.2) is 91.0 Å². The number of hydrogen-bond acceptors (Lipinski definition) is 4. The van der Waals surface area contributed by atoms with Crippen LogP contribution >= 0.6 is 7.14 Å². The van der Waals surface area contributed by atoms with Crippen molar-refractivity contribution in [3.05, 3.63) is 96.6 Å². The molecule has 0 radical (unpaired) electrons. The summed E-state index contributed by atoms with van der Waals surface area (Å²) >= 11 is 0. The molecule has 31 heavy (non-hydrogen) atoms. The summed E-state index contributed by atoms with van der Waals surface area (Å²) < 4.78 is 26.3. The average Bonchev–Trinajstić information content (AvgIpc) is 3.58. The molecule has 3 atom stereocenters. The maximum atomic E-state index is 14.8. The van der Waals surface area contributed by atoms with E-state index in [9.17, 15) is 9.67 Å². The monoisotopic (exact) mass is 436 g/mol. The highest BCUT2D eigenvalue weighted by Crippen LogP contribution is 2.54. The Kier molecular flexibility index (Phi) is 6.74. The Bertz CT molecular complexity index is 960. The van der Waals surface area contributed by atoms with Crippen molar-refractivity contribution in [2.24, 2.45) is 0 Å². The molecule has 1 aliphatic rings. The van der Waals surface area contributed by atoms with Crippen molar-refractivity contribution in [3.63, 3.8) is 0 Å². The van der Waals surface area contributed by atoms with Gasteiger partial charge in [-0.3, -0.25) is 0 Å². The minimum Gasteiger partial charge on any atom is -0.389 e. The van der Waals surface area contributed by atoms with Gasteiger partial charge in [-0.2, -0.15) is 0 Å². The zero-order valence-corrected chi connectivity index (χ0v) is 18.7. The third-order valence-electron chi connectivity index (χ3n) is 6.01. The highest BCUT2D eigenvalue weighted by atomic mass is 31.2. The Morgan fingerprint density at radius 3 is 1.90 bits per heavy atom. The van der Waals surface area contributed by atoms with Crippen LogP contribution in [0.5, 0.6) is 0 Å². The van der Waals surface area contributed by atoms with E-state index in [0.717, 1.165) is 16.2 Å². The quantitative estimate of drug-likeness (QED) is 0.295. The van der Waals surface area contributed by atoms with E-state index in [4.69, 9.17) is 9.47 Å². The van der Waals surface area contributed by atoms with E-state index in [1.165, 1.54) is 0 Å². The van der Waals surface area contributed by atoms with Gasteiger partial charge < -0.3 is 19.1 Å². The van der Waals surface area contributed by atoms with Gasteiger partial charge in [0.15, 0.2) is 0 Å². The van der Waals surface area contributed by atoms with Crippen LogP contribution in [0.3, 0.4) is 0 Å². The zero-order chi connectivity index (χ0) is 21.7. The number of ether oxygens (including phenoxy) is 2. The van der Waals surface area contributed by atoms with E-state index >= 15 is 0 Å². The molecule has 0 unspecified atom stereocenters. The van der Waals surface area contributed by atoms with Gasteiger partial charge in [0.25, 0.3) is 0 Å². The first-order chi connectivity index (χ1) is 15.0. The Morgan fingerprint density at radius 1 is 0.935 bits per heavy atom. The van der Waals surface area contributed by atoms with Crippen LogP contribution in [0.1, 0.15) is 18.9 Å². The van der Waals surface area contributed by atoms with E-state index in [-0.39, 0.29) is 0 Å². The summed E-state index contributed by atoms with van der Waals surface area (Å²) in [6.45, 7) is 3.24. The average molecular weight is 436 g/mol. The van der Waals surface area contributed by atoms with Gasteiger partial charge >= 0.3 is 0 Å². The zero-order valence-electron chi connectivity index (χ0n) is 17.8. The standard InChI is InChI=1S/C26H29O4P/c1-26(20-30-26)25(27)24(17-18-29-19-21-11-5-2-6-12-21)31(28,22-13-7-3-8-14-22)23-15-9-4-10-16-23/h2-16,24-25,27H,17-20H2,1H3/t24-,25-,26-/m1/s1. The number of aliphatic hydroxyl groups excluding tert-OH is 1. The second kappa shape index (κ2) is 9.50. The molecular weight excluding hydrogens is 407 g/mol. The van der Waals surface area contributed by atoms with Crippen molar-refractivity contribution in [3.8, 4) is 0 Å². The van der Waals surface area contributed by atoms with Crippen LogP contribution in [0.2, 0.25) is 0 Å². The lowest BCUT2D eigenvalue weighted by Gasteiger charge is -2.34. The molecule has 0 aliphatic carbocycles. The third-order valence-corrected chi connectivity index (χ3v) is 9.61. The lowest BCUT2D eigenvalue weighted by Crippen LogP contribution is -2.43. The summed E-state index contributed by atoms with van der Waals surface area (Å²) in [5.74, 6) is 0. The molecule has 5 heteroatoms. The molecule has 1 saturated heterocycles. The molecule has 0 amide bonds. The Hall–Kier alpha value is -2.23. The highest BCUT2D eigenvalue weighted by molar-refractivity contribution is 7.79. The van der Waals surface area contributed by atoms with Gasteiger partial charge in [0.2, 0.25) is 0 Å². The van der Waals surface area contributed by atoms with Crippen LogP contribution in [-0.2, 0) is 20.6 Å². The summed E-state index contributed by atoms with van der Waals surface area (Å²) in [5.41, 5.74) is -0.0875. The Morgan fingerprint density at radius 2 is 1.42 bits per heavy atom. The van der Waals surface area contributed by atoms with Crippen molar-refractivity contribution in [2.45, 2.75) is 37.3 Å². The predicted molar refractivity (Wildman–Crippen MR) is 125 cm³/mol. The topological polar surface area (TPSA) is 59.1 Å². The Balaban J connectivity index is 1.63. The first-order valence-electron chi connectivity index (χ1n) is 10.7. The van der Waals surface area contributed by atoms with E-state index in [2.05, 4.69) is 0 Å². The number of rotatable bonds is 10. The maximum Gasteiger partial charge on any atom is 0.148 e. The normalized spacial score (nSPS) is 20.2. The lowest BCUT2D eigenvalue weighted by molar-refractivity contribution is 0.0608. The molecule has 4 nitrogen and oxygen atoms in total. The lowest BCUT2D eigenvalue weighted by atomic mass is 10.0. The van der Waals surface area contributed by atoms with Gasteiger partial charge in [-0.15, -0.1) is 0 Å². The van der Waals surface area contributed by atoms with Crippen LogP contribution in [-0.4, -0.2) is 35.7 Å². The summed E-state index contributed by atoms with van der Waals surface area (Å²) in [7, 11) is -3.17. The van der Waals surface area contributed by atoms with Crippen LogP contribution in [0.25, 0.3) is 0 Å².